The Labute approximate surface area is 136 Å². The molecule has 0 unspecified atom stereocenters. The molecule has 0 bridgehead atoms. The van der Waals surface area contributed by atoms with Crippen LogP contribution >= 0.6 is 11.3 Å². The highest BCUT2D eigenvalue weighted by molar-refractivity contribution is 7.15. The predicted molar refractivity (Wildman–Crippen MR) is 89.2 cm³/mol. The monoisotopic (exact) mass is 326 g/mol. The van der Waals surface area contributed by atoms with Crippen molar-refractivity contribution >= 4 is 33.1 Å². The number of aryl methyl sites for hydroxylation is 2. The van der Waals surface area contributed by atoms with Crippen LogP contribution in [-0.2, 0) is 12.8 Å². The van der Waals surface area contributed by atoms with Crippen molar-refractivity contribution in [1.29, 1.82) is 0 Å². The molecule has 0 fully saturated rings. The van der Waals surface area contributed by atoms with E-state index < -0.39 is 11.5 Å². The first-order valence-electron chi connectivity index (χ1n) is 7.53. The Bertz CT molecular complexity index is 934. The molecule has 4 rings (SSSR count). The minimum atomic E-state index is -0.508. The normalized spacial score (nSPS) is 13.7. The number of amides is 1. The minimum Gasteiger partial charge on any atom is -0.417 e. The van der Waals surface area contributed by atoms with E-state index in [1.807, 2.05) is 6.07 Å². The fraction of sp³-hybridized carbons (Fsp3) is 0.235. The van der Waals surface area contributed by atoms with Gasteiger partial charge in [0.05, 0.1) is 11.1 Å². The third kappa shape index (κ3) is 2.66. The van der Waals surface area contributed by atoms with Crippen molar-refractivity contribution in [2.75, 3.05) is 5.32 Å². The molecule has 0 aliphatic heterocycles. The zero-order valence-corrected chi connectivity index (χ0v) is 13.1. The maximum absolute atomic E-state index is 12.3. The van der Waals surface area contributed by atoms with Crippen LogP contribution in [0.3, 0.4) is 0 Å². The molecular formula is C17H14N2O3S. The molecule has 23 heavy (non-hydrogen) atoms. The van der Waals surface area contributed by atoms with Crippen LogP contribution < -0.4 is 10.9 Å². The summed E-state index contributed by atoms with van der Waals surface area (Å²) >= 11 is 1.50. The molecule has 0 saturated carbocycles. The Hall–Kier alpha value is -2.47. The van der Waals surface area contributed by atoms with Gasteiger partial charge < -0.3 is 4.42 Å². The molecular weight excluding hydrogens is 312 g/mol. The van der Waals surface area contributed by atoms with E-state index in [4.69, 9.17) is 4.42 Å². The van der Waals surface area contributed by atoms with Crippen LogP contribution in [0.2, 0.25) is 0 Å². The first kappa shape index (κ1) is 14.1. The van der Waals surface area contributed by atoms with Crippen LogP contribution in [0.4, 0.5) is 5.13 Å². The van der Waals surface area contributed by atoms with Gasteiger partial charge in [0.1, 0.15) is 0 Å². The summed E-state index contributed by atoms with van der Waals surface area (Å²) < 4.78 is 5.14. The van der Waals surface area contributed by atoms with E-state index in [9.17, 15) is 9.59 Å². The second-order valence-corrected chi connectivity index (χ2v) is 6.62. The predicted octanol–water partition coefficient (Wildman–Crippen LogP) is 3.38. The zero-order valence-electron chi connectivity index (χ0n) is 12.3. The van der Waals surface area contributed by atoms with E-state index in [-0.39, 0.29) is 5.76 Å². The lowest BCUT2D eigenvalue weighted by Crippen LogP contribution is -2.14. The molecule has 3 aromatic rings. The summed E-state index contributed by atoms with van der Waals surface area (Å²) in [5, 5.41) is 4.46. The second kappa shape index (κ2) is 5.62. The molecule has 1 aromatic carbocycles. The van der Waals surface area contributed by atoms with Crippen LogP contribution in [0.25, 0.3) is 10.8 Å². The summed E-state index contributed by atoms with van der Waals surface area (Å²) in [6.07, 6.45) is 4.30. The Kier molecular flexibility index (Phi) is 3.46. The van der Waals surface area contributed by atoms with E-state index in [2.05, 4.69) is 10.3 Å². The van der Waals surface area contributed by atoms with Gasteiger partial charge in [-0.25, -0.2) is 9.78 Å². The fourth-order valence-corrected chi connectivity index (χ4v) is 3.86. The molecule has 0 spiro atoms. The molecule has 2 aromatic heterocycles. The zero-order chi connectivity index (χ0) is 15.8. The number of aromatic nitrogens is 1. The average molecular weight is 326 g/mol. The van der Waals surface area contributed by atoms with Crippen molar-refractivity contribution in [1.82, 2.24) is 4.98 Å². The van der Waals surface area contributed by atoms with Gasteiger partial charge >= 0.3 is 5.63 Å². The lowest BCUT2D eigenvalue weighted by atomic mass is 10.0. The van der Waals surface area contributed by atoms with E-state index in [1.165, 1.54) is 22.6 Å². The second-order valence-electron chi connectivity index (χ2n) is 5.54. The lowest BCUT2D eigenvalue weighted by Gasteiger charge is -2.06. The van der Waals surface area contributed by atoms with Crippen molar-refractivity contribution in [3.8, 4) is 0 Å². The highest BCUT2D eigenvalue weighted by Crippen LogP contribution is 2.29. The Morgan fingerprint density at radius 2 is 2.04 bits per heavy atom. The molecule has 0 atom stereocenters. The summed E-state index contributed by atoms with van der Waals surface area (Å²) in [5.41, 5.74) is 0.572. The summed E-state index contributed by atoms with van der Waals surface area (Å²) in [7, 11) is 0. The molecule has 0 saturated heterocycles. The van der Waals surface area contributed by atoms with Gasteiger partial charge in [-0.05, 0) is 43.2 Å². The number of benzene rings is 1. The van der Waals surface area contributed by atoms with Crippen LogP contribution in [0, 0.1) is 0 Å². The topological polar surface area (TPSA) is 72.2 Å². The molecule has 6 heteroatoms. The van der Waals surface area contributed by atoms with Crippen LogP contribution in [-0.4, -0.2) is 10.9 Å². The number of nitrogens with one attached hydrogen (secondary N) is 1. The summed E-state index contributed by atoms with van der Waals surface area (Å²) in [6.45, 7) is 0. The number of fused-ring (bicyclic) bond motifs is 2. The molecule has 1 aliphatic carbocycles. The van der Waals surface area contributed by atoms with Crippen molar-refractivity contribution in [2.24, 2.45) is 0 Å². The SMILES string of the molecule is O=C(Nc1nc2c(s1)CCCC2)c1cc2ccccc2c(=O)o1. The van der Waals surface area contributed by atoms with Gasteiger partial charge in [0.25, 0.3) is 5.91 Å². The minimum absolute atomic E-state index is 0.00173. The number of rotatable bonds is 2. The van der Waals surface area contributed by atoms with E-state index in [1.54, 1.807) is 24.3 Å². The molecule has 116 valence electrons. The maximum atomic E-state index is 12.3. The smallest absolute Gasteiger partial charge is 0.344 e. The number of carbonyl (C=O) groups excluding carboxylic acids is 1. The maximum Gasteiger partial charge on any atom is 0.344 e. The van der Waals surface area contributed by atoms with E-state index in [0.717, 1.165) is 25.0 Å². The molecule has 2 heterocycles. The Morgan fingerprint density at radius 3 is 2.91 bits per heavy atom. The van der Waals surface area contributed by atoms with Gasteiger partial charge in [-0.2, -0.15) is 0 Å². The highest BCUT2D eigenvalue weighted by atomic mass is 32.1. The van der Waals surface area contributed by atoms with E-state index in [0.29, 0.717) is 15.9 Å². The van der Waals surface area contributed by atoms with Gasteiger partial charge in [0, 0.05) is 4.88 Å². The average Bonchev–Trinajstić information content (AvgIpc) is 2.97. The highest BCUT2D eigenvalue weighted by Gasteiger charge is 2.18. The number of carbonyl (C=O) groups is 1. The van der Waals surface area contributed by atoms with E-state index >= 15 is 0 Å². The molecule has 1 N–H and O–H groups in total. The first-order chi connectivity index (χ1) is 11.2. The fourth-order valence-electron chi connectivity index (χ4n) is 2.81. The van der Waals surface area contributed by atoms with Gasteiger partial charge in [-0.3, -0.25) is 10.1 Å². The standard InChI is InChI=1S/C17H14N2O3S/c20-15(19-17-18-12-7-3-4-8-14(12)23-17)13-9-10-5-1-2-6-11(10)16(21)22-13/h1-2,5-6,9H,3-4,7-8H2,(H,18,19,20). The van der Waals surface area contributed by atoms with Crippen molar-refractivity contribution in [2.45, 2.75) is 25.7 Å². The first-order valence-corrected chi connectivity index (χ1v) is 8.35. The third-order valence-electron chi connectivity index (χ3n) is 3.96. The molecule has 0 radical (unpaired) electrons. The van der Waals surface area contributed by atoms with Gasteiger partial charge in [-0.1, -0.05) is 18.2 Å². The van der Waals surface area contributed by atoms with Gasteiger partial charge in [0.15, 0.2) is 10.9 Å². The number of nitrogens with zero attached hydrogens (tertiary/aromatic N) is 1. The van der Waals surface area contributed by atoms with Crippen molar-refractivity contribution in [3.05, 3.63) is 57.1 Å². The molecule has 1 aliphatic rings. The van der Waals surface area contributed by atoms with Crippen LogP contribution in [0.15, 0.2) is 39.5 Å². The number of thiazole rings is 1. The molecule has 5 nitrogen and oxygen atoms in total. The summed E-state index contributed by atoms with van der Waals surface area (Å²) in [4.78, 5) is 30.0. The van der Waals surface area contributed by atoms with Gasteiger partial charge in [-0.15, -0.1) is 11.3 Å². The summed E-state index contributed by atoms with van der Waals surface area (Å²) in [6, 6.07) is 8.62. The molecule has 1 amide bonds. The summed E-state index contributed by atoms with van der Waals surface area (Å²) in [5.74, 6) is -0.444. The number of hydrogen-bond acceptors (Lipinski definition) is 5. The van der Waals surface area contributed by atoms with Crippen molar-refractivity contribution in [3.63, 3.8) is 0 Å². The lowest BCUT2D eigenvalue weighted by molar-refractivity contribution is 0.0993. The van der Waals surface area contributed by atoms with Crippen molar-refractivity contribution < 1.29 is 9.21 Å². The van der Waals surface area contributed by atoms with Crippen LogP contribution in [0.5, 0.6) is 0 Å². The third-order valence-corrected chi connectivity index (χ3v) is 5.03. The van der Waals surface area contributed by atoms with Gasteiger partial charge in [0.2, 0.25) is 0 Å². The number of anilines is 1. The Morgan fingerprint density at radius 1 is 1.22 bits per heavy atom. The largest absolute Gasteiger partial charge is 0.417 e. The Balaban J connectivity index is 1.64. The quantitative estimate of drug-likeness (QED) is 0.783. The number of hydrogen-bond donors (Lipinski definition) is 1. The van der Waals surface area contributed by atoms with Crippen LogP contribution in [0.1, 0.15) is 34.0 Å².